The summed E-state index contributed by atoms with van der Waals surface area (Å²) in [7, 11) is 0. The minimum Gasteiger partial charge on any atom is -0.388 e. The fourth-order valence-electron chi connectivity index (χ4n) is 2.17. The van der Waals surface area contributed by atoms with Crippen LogP contribution in [0.2, 0.25) is 0 Å². The average molecular weight is 380 g/mol. The summed E-state index contributed by atoms with van der Waals surface area (Å²) in [6, 6.07) is 16.6. The molecule has 106 valence electrons. The van der Waals surface area contributed by atoms with Crippen LogP contribution >= 0.6 is 22.6 Å². The van der Waals surface area contributed by atoms with E-state index in [9.17, 15) is 5.11 Å². The highest BCUT2D eigenvalue weighted by molar-refractivity contribution is 14.1. The first-order chi connectivity index (χ1) is 9.36. The molecular weight excluding hydrogens is 359 g/mol. The minimum absolute atomic E-state index is 0.152. The highest BCUT2D eigenvalue weighted by Crippen LogP contribution is 2.25. The third-order valence-electron chi connectivity index (χ3n) is 3.50. The standard InChI is InChI=1S/C18H21IO/c1-18(2,3)15-8-6-14(7-9-15)17(20)12-13-4-10-16(19)11-5-13/h4-11,17,20H,12H2,1-3H3. The van der Waals surface area contributed by atoms with Crippen LogP contribution in [0.5, 0.6) is 0 Å². The van der Waals surface area contributed by atoms with E-state index in [-0.39, 0.29) is 5.41 Å². The second-order valence-corrected chi connectivity index (χ2v) is 7.46. The lowest BCUT2D eigenvalue weighted by atomic mass is 9.86. The Morgan fingerprint density at radius 2 is 1.50 bits per heavy atom. The van der Waals surface area contributed by atoms with Crippen molar-refractivity contribution in [3.05, 3.63) is 68.8 Å². The zero-order valence-electron chi connectivity index (χ0n) is 12.2. The first-order valence-corrected chi connectivity index (χ1v) is 7.97. The number of aliphatic hydroxyl groups excluding tert-OH is 1. The molecule has 1 unspecified atom stereocenters. The van der Waals surface area contributed by atoms with E-state index in [0.29, 0.717) is 6.42 Å². The van der Waals surface area contributed by atoms with E-state index in [0.717, 1.165) is 11.1 Å². The summed E-state index contributed by atoms with van der Waals surface area (Å²) in [4.78, 5) is 0. The molecule has 1 nitrogen and oxygen atoms in total. The Morgan fingerprint density at radius 1 is 0.950 bits per heavy atom. The summed E-state index contributed by atoms with van der Waals surface area (Å²) in [6.45, 7) is 6.60. The molecule has 2 aromatic carbocycles. The normalized spacial score (nSPS) is 13.2. The van der Waals surface area contributed by atoms with Crippen LogP contribution in [-0.4, -0.2) is 5.11 Å². The number of aliphatic hydroxyl groups is 1. The first kappa shape index (κ1) is 15.5. The minimum atomic E-state index is -0.441. The lowest BCUT2D eigenvalue weighted by Crippen LogP contribution is -2.11. The number of hydrogen-bond donors (Lipinski definition) is 1. The monoisotopic (exact) mass is 380 g/mol. The van der Waals surface area contributed by atoms with E-state index in [2.05, 4.69) is 79.8 Å². The molecule has 1 atom stereocenters. The Hall–Kier alpha value is -0.870. The van der Waals surface area contributed by atoms with Crippen LogP contribution in [0.4, 0.5) is 0 Å². The van der Waals surface area contributed by atoms with Crippen molar-refractivity contribution in [2.24, 2.45) is 0 Å². The Bertz CT molecular complexity index is 549. The average Bonchev–Trinajstić information content (AvgIpc) is 2.40. The van der Waals surface area contributed by atoms with E-state index >= 15 is 0 Å². The quantitative estimate of drug-likeness (QED) is 0.754. The predicted molar refractivity (Wildman–Crippen MR) is 93.0 cm³/mol. The molecule has 20 heavy (non-hydrogen) atoms. The van der Waals surface area contributed by atoms with Gasteiger partial charge in [-0.25, -0.2) is 0 Å². The van der Waals surface area contributed by atoms with Gasteiger partial charge in [0.2, 0.25) is 0 Å². The van der Waals surface area contributed by atoms with Crippen molar-refractivity contribution in [1.82, 2.24) is 0 Å². The highest BCUT2D eigenvalue weighted by Gasteiger charge is 2.14. The third-order valence-corrected chi connectivity index (χ3v) is 4.22. The topological polar surface area (TPSA) is 20.2 Å². The van der Waals surface area contributed by atoms with E-state index in [1.807, 2.05) is 12.1 Å². The van der Waals surface area contributed by atoms with Crippen molar-refractivity contribution in [3.63, 3.8) is 0 Å². The first-order valence-electron chi connectivity index (χ1n) is 6.89. The smallest absolute Gasteiger partial charge is 0.0830 e. The van der Waals surface area contributed by atoms with E-state index in [1.165, 1.54) is 9.13 Å². The van der Waals surface area contributed by atoms with Gasteiger partial charge < -0.3 is 5.11 Å². The van der Waals surface area contributed by atoms with Gasteiger partial charge in [0.1, 0.15) is 0 Å². The Kier molecular flexibility index (Phi) is 4.86. The molecule has 0 spiro atoms. The van der Waals surface area contributed by atoms with Crippen molar-refractivity contribution in [3.8, 4) is 0 Å². The highest BCUT2D eigenvalue weighted by atomic mass is 127. The second-order valence-electron chi connectivity index (χ2n) is 6.22. The summed E-state index contributed by atoms with van der Waals surface area (Å²) in [5.74, 6) is 0. The van der Waals surface area contributed by atoms with Gasteiger partial charge >= 0.3 is 0 Å². The number of hydrogen-bond acceptors (Lipinski definition) is 1. The van der Waals surface area contributed by atoms with Crippen LogP contribution in [0.15, 0.2) is 48.5 Å². The molecule has 0 aliphatic carbocycles. The van der Waals surface area contributed by atoms with Gasteiger partial charge in [-0.05, 0) is 56.8 Å². The van der Waals surface area contributed by atoms with Gasteiger partial charge in [0.05, 0.1) is 6.10 Å². The van der Waals surface area contributed by atoms with Crippen LogP contribution in [0.1, 0.15) is 43.6 Å². The predicted octanol–water partition coefficient (Wildman–Crippen LogP) is 4.86. The van der Waals surface area contributed by atoms with Gasteiger partial charge in [0.15, 0.2) is 0 Å². The van der Waals surface area contributed by atoms with Crippen molar-refractivity contribution in [2.75, 3.05) is 0 Å². The molecule has 1 N–H and O–H groups in total. The maximum Gasteiger partial charge on any atom is 0.0830 e. The van der Waals surface area contributed by atoms with Crippen LogP contribution in [0.25, 0.3) is 0 Å². The van der Waals surface area contributed by atoms with Crippen LogP contribution in [-0.2, 0) is 11.8 Å². The lowest BCUT2D eigenvalue weighted by molar-refractivity contribution is 0.178. The number of benzene rings is 2. The van der Waals surface area contributed by atoms with Gasteiger partial charge in [-0.15, -0.1) is 0 Å². The second kappa shape index (κ2) is 6.27. The molecule has 0 fully saturated rings. The maximum atomic E-state index is 10.3. The summed E-state index contributed by atoms with van der Waals surface area (Å²) >= 11 is 2.29. The van der Waals surface area contributed by atoms with Gasteiger partial charge in [-0.3, -0.25) is 0 Å². The Labute approximate surface area is 135 Å². The molecule has 2 aromatic rings. The number of rotatable bonds is 3. The molecule has 0 aliphatic heterocycles. The molecule has 2 heteroatoms. The summed E-state index contributed by atoms with van der Waals surface area (Å²) in [6.07, 6.45) is 0.218. The molecule has 2 rings (SSSR count). The van der Waals surface area contributed by atoms with Crippen molar-refractivity contribution in [2.45, 2.75) is 38.7 Å². The van der Waals surface area contributed by atoms with Gasteiger partial charge in [-0.1, -0.05) is 57.2 Å². The summed E-state index contributed by atoms with van der Waals surface area (Å²) < 4.78 is 1.22. The molecular formula is C18H21IO. The Balaban J connectivity index is 2.09. The molecule has 0 saturated carbocycles. The van der Waals surface area contributed by atoms with Crippen LogP contribution in [0.3, 0.4) is 0 Å². The molecule has 0 aromatic heterocycles. The fraction of sp³-hybridized carbons (Fsp3) is 0.333. The van der Waals surface area contributed by atoms with Gasteiger partial charge in [0, 0.05) is 9.99 Å². The largest absolute Gasteiger partial charge is 0.388 e. The number of halogens is 1. The maximum absolute atomic E-state index is 10.3. The summed E-state index contributed by atoms with van der Waals surface area (Å²) in [5.41, 5.74) is 3.59. The van der Waals surface area contributed by atoms with E-state index in [1.54, 1.807) is 0 Å². The van der Waals surface area contributed by atoms with Crippen LogP contribution < -0.4 is 0 Å². The van der Waals surface area contributed by atoms with Crippen molar-refractivity contribution >= 4 is 22.6 Å². The molecule has 0 bridgehead atoms. The molecule has 0 aliphatic rings. The summed E-state index contributed by atoms with van der Waals surface area (Å²) in [5, 5.41) is 10.3. The van der Waals surface area contributed by atoms with Crippen molar-refractivity contribution in [1.29, 1.82) is 0 Å². The van der Waals surface area contributed by atoms with E-state index < -0.39 is 6.10 Å². The van der Waals surface area contributed by atoms with Crippen molar-refractivity contribution < 1.29 is 5.11 Å². The SMILES string of the molecule is CC(C)(C)c1ccc(C(O)Cc2ccc(I)cc2)cc1. The third kappa shape index (κ3) is 4.06. The zero-order chi connectivity index (χ0) is 14.8. The molecule has 0 radical (unpaired) electrons. The molecule has 0 heterocycles. The molecule has 0 amide bonds. The Morgan fingerprint density at radius 3 is 2.00 bits per heavy atom. The van der Waals surface area contributed by atoms with Gasteiger partial charge in [0.25, 0.3) is 0 Å². The molecule has 0 saturated heterocycles. The fourth-order valence-corrected chi connectivity index (χ4v) is 2.53. The lowest BCUT2D eigenvalue weighted by Gasteiger charge is -2.20. The van der Waals surface area contributed by atoms with Crippen LogP contribution in [0, 0.1) is 3.57 Å². The van der Waals surface area contributed by atoms with Gasteiger partial charge in [-0.2, -0.15) is 0 Å². The van der Waals surface area contributed by atoms with E-state index in [4.69, 9.17) is 0 Å². The zero-order valence-corrected chi connectivity index (χ0v) is 14.4.